The summed E-state index contributed by atoms with van der Waals surface area (Å²) in [7, 11) is 0. The fourth-order valence-electron chi connectivity index (χ4n) is 3.68. The lowest BCUT2D eigenvalue weighted by atomic mass is 9.92. The SMILES string of the molecule is CSc1ccc(C(=O)N2CCC[C@H](c3nn(-c4ccccc4)cc3C(N)=O)C2)o1. The second kappa shape index (κ2) is 8.16. The fourth-order valence-corrected chi connectivity index (χ4v) is 4.05. The number of thioether (sulfide) groups is 1. The molecule has 150 valence electrons. The number of rotatable bonds is 5. The molecule has 4 rings (SSSR count). The van der Waals surface area contributed by atoms with Gasteiger partial charge in [0.25, 0.3) is 11.8 Å². The van der Waals surface area contributed by atoms with Crippen LogP contribution in [0.3, 0.4) is 0 Å². The number of primary amides is 1. The maximum absolute atomic E-state index is 12.9. The van der Waals surface area contributed by atoms with Crippen LogP contribution < -0.4 is 5.73 Å². The Hall–Kier alpha value is -3.00. The zero-order valence-electron chi connectivity index (χ0n) is 16.1. The van der Waals surface area contributed by atoms with Crippen molar-refractivity contribution in [1.82, 2.24) is 14.7 Å². The number of hydrogen-bond acceptors (Lipinski definition) is 5. The van der Waals surface area contributed by atoms with Crippen molar-refractivity contribution in [3.8, 4) is 5.69 Å². The van der Waals surface area contributed by atoms with E-state index < -0.39 is 5.91 Å². The third-order valence-electron chi connectivity index (χ3n) is 5.12. The van der Waals surface area contributed by atoms with Crippen molar-refractivity contribution in [2.24, 2.45) is 5.73 Å². The second-order valence-electron chi connectivity index (χ2n) is 6.99. The lowest BCUT2D eigenvalue weighted by Crippen LogP contribution is -2.39. The molecule has 0 aliphatic carbocycles. The Morgan fingerprint density at radius 3 is 2.69 bits per heavy atom. The van der Waals surface area contributed by atoms with Gasteiger partial charge in [-0.25, -0.2) is 4.68 Å². The quantitative estimate of drug-likeness (QED) is 0.651. The van der Waals surface area contributed by atoms with E-state index in [0.29, 0.717) is 35.2 Å². The van der Waals surface area contributed by atoms with E-state index in [9.17, 15) is 9.59 Å². The molecule has 2 amide bonds. The molecule has 2 N–H and O–H groups in total. The van der Waals surface area contributed by atoms with Crippen LogP contribution in [-0.2, 0) is 0 Å². The number of hydrogen-bond donors (Lipinski definition) is 1. The average molecular weight is 410 g/mol. The van der Waals surface area contributed by atoms with E-state index in [1.54, 1.807) is 27.9 Å². The van der Waals surface area contributed by atoms with Crippen molar-refractivity contribution in [2.75, 3.05) is 19.3 Å². The van der Waals surface area contributed by atoms with E-state index in [2.05, 4.69) is 5.10 Å². The summed E-state index contributed by atoms with van der Waals surface area (Å²) in [5.41, 5.74) is 7.52. The molecule has 3 aromatic rings. The highest BCUT2D eigenvalue weighted by atomic mass is 32.2. The van der Waals surface area contributed by atoms with Crippen LogP contribution in [0, 0.1) is 0 Å². The number of piperidine rings is 1. The molecule has 1 aromatic carbocycles. The van der Waals surface area contributed by atoms with Crippen LogP contribution in [-0.4, -0.2) is 45.8 Å². The summed E-state index contributed by atoms with van der Waals surface area (Å²) in [4.78, 5) is 26.7. The molecule has 0 unspecified atom stereocenters. The Labute approximate surface area is 172 Å². The molecule has 0 bridgehead atoms. The minimum atomic E-state index is -0.513. The predicted molar refractivity (Wildman–Crippen MR) is 110 cm³/mol. The smallest absolute Gasteiger partial charge is 0.289 e. The number of benzene rings is 1. The molecule has 3 heterocycles. The predicted octanol–water partition coefficient (Wildman–Crippen LogP) is 3.31. The number of nitrogens with two attached hydrogens (primary N) is 1. The number of likely N-dealkylation sites (tertiary alicyclic amines) is 1. The summed E-state index contributed by atoms with van der Waals surface area (Å²) in [6.45, 7) is 1.12. The zero-order chi connectivity index (χ0) is 20.4. The van der Waals surface area contributed by atoms with Gasteiger partial charge in [-0.1, -0.05) is 30.0 Å². The Bertz CT molecular complexity index is 1030. The lowest BCUT2D eigenvalue weighted by molar-refractivity contribution is 0.0668. The first-order valence-corrected chi connectivity index (χ1v) is 10.7. The number of nitrogens with zero attached hydrogens (tertiary/aromatic N) is 3. The molecular formula is C21H22N4O3S. The molecule has 8 heteroatoms. The van der Waals surface area contributed by atoms with E-state index in [1.165, 1.54) is 11.8 Å². The molecule has 2 aromatic heterocycles. The Balaban J connectivity index is 1.60. The van der Waals surface area contributed by atoms with Crippen molar-refractivity contribution in [1.29, 1.82) is 0 Å². The van der Waals surface area contributed by atoms with Crippen molar-refractivity contribution >= 4 is 23.6 Å². The Morgan fingerprint density at radius 1 is 1.21 bits per heavy atom. The highest BCUT2D eigenvalue weighted by Crippen LogP contribution is 2.30. The van der Waals surface area contributed by atoms with E-state index >= 15 is 0 Å². The van der Waals surface area contributed by atoms with Crippen molar-refractivity contribution in [2.45, 2.75) is 23.9 Å². The number of carbonyl (C=O) groups excluding carboxylic acids is 2. The fraction of sp³-hybridized carbons (Fsp3) is 0.286. The van der Waals surface area contributed by atoms with Gasteiger partial charge < -0.3 is 15.1 Å². The molecule has 0 radical (unpaired) electrons. The molecule has 1 fully saturated rings. The van der Waals surface area contributed by atoms with Gasteiger partial charge in [-0.2, -0.15) is 5.10 Å². The van der Waals surface area contributed by atoms with Crippen molar-refractivity contribution in [3.63, 3.8) is 0 Å². The van der Waals surface area contributed by atoms with Gasteiger partial charge in [0.2, 0.25) is 0 Å². The van der Waals surface area contributed by atoms with Gasteiger partial charge in [0, 0.05) is 25.2 Å². The number of carbonyl (C=O) groups is 2. The van der Waals surface area contributed by atoms with Gasteiger partial charge in [-0.15, -0.1) is 0 Å². The Morgan fingerprint density at radius 2 is 2.00 bits per heavy atom. The maximum Gasteiger partial charge on any atom is 0.289 e. The van der Waals surface area contributed by atoms with Crippen LogP contribution in [0.25, 0.3) is 5.69 Å². The topological polar surface area (TPSA) is 94.4 Å². The van der Waals surface area contributed by atoms with E-state index in [4.69, 9.17) is 10.2 Å². The van der Waals surface area contributed by atoms with Gasteiger partial charge >= 0.3 is 0 Å². The number of amides is 2. The highest BCUT2D eigenvalue weighted by molar-refractivity contribution is 7.98. The minimum Gasteiger partial charge on any atom is -0.445 e. The van der Waals surface area contributed by atoms with Gasteiger partial charge in [-0.05, 0) is 43.4 Å². The molecule has 1 aliphatic rings. The standard InChI is InChI=1S/C21H22N4O3S/c1-29-18-10-9-17(28-18)21(27)24-11-5-6-14(12-24)19-16(20(22)26)13-25(23-19)15-7-3-2-4-8-15/h2-4,7-10,13-14H,5-6,11-12H2,1H3,(H2,22,26)/t14-/m0/s1. The van der Waals surface area contributed by atoms with Crippen LogP contribution in [0.4, 0.5) is 0 Å². The van der Waals surface area contributed by atoms with Crippen LogP contribution >= 0.6 is 11.8 Å². The molecule has 0 saturated carbocycles. The third kappa shape index (κ3) is 3.93. The second-order valence-corrected chi connectivity index (χ2v) is 7.80. The summed E-state index contributed by atoms with van der Waals surface area (Å²) in [6.07, 6.45) is 5.23. The first kappa shape index (κ1) is 19.3. The van der Waals surface area contributed by atoms with Gasteiger partial charge in [0.1, 0.15) is 0 Å². The molecular weight excluding hydrogens is 388 g/mol. The normalized spacial score (nSPS) is 16.7. The lowest BCUT2D eigenvalue weighted by Gasteiger charge is -2.31. The number of aromatic nitrogens is 2. The van der Waals surface area contributed by atoms with Crippen LogP contribution in [0.1, 0.15) is 45.4 Å². The first-order chi connectivity index (χ1) is 14.1. The summed E-state index contributed by atoms with van der Waals surface area (Å²) < 4.78 is 7.26. The molecule has 0 spiro atoms. The number of para-hydroxylation sites is 1. The first-order valence-electron chi connectivity index (χ1n) is 9.44. The van der Waals surface area contributed by atoms with Gasteiger partial charge in [0.05, 0.1) is 16.9 Å². The van der Waals surface area contributed by atoms with Crippen LogP contribution in [0.5, 0.6) is 0 Å². The summed E-state index contributed by atoms with van der Waals surface area (Å²) >= 11 is 1.46. The minimum absolute atomic E-state index is 0.0601. The van der Waals surface area contributed by atoms with E-state index in [1.807, 2.05) is 36.6 Å². The van der Waals surface area contributed by atoms with Crippen molar-refractivity contribution in [3.05, 3.63) is 65.7 Å². The summed E-state index contributed by atoms with van der Waals surface area (Å²) in [5, 5.41) is 5.37. The highest BCUT2D eigenvalue weighted by Gasteiger charge is 2.31. The van der Waals surface area contributed by atoms with E-state index in [0.717, 1.165) is 18.5 Å². The average Bonchev–Trinajstić information content (AvgIpc) is 3.41. The Kier molecular flexibility index (Phi) is 5.44. The van der Waals surface area contributed by atoms with E-state index in [-0.39, 0.29) is 11.8 Å². The largest absolute Gasteiger partial charge is 0.445 e. The molecule has 29 heavy (non-hydrogen) atoms. The van der Waals surface area contributed by atoms with Gasteiger partial charge in [0.15, 0.2) is 10.9 Å². The molecule has 1 atom stereocenters. The van der Waals surface area contributed by atoms with Crippen LogP contribution in [0.2, 0.25) is 0 Å². The van der Waals surface area contributed by atoms with Crippen LogP contribution in [0.15, 0.2) is 58.2 Å². The molecule has 1 saturated heterocycles. The zero-order valence-corrected chi connectivity index (χ0v) is 16.9. The maximum atomic E-state index is 12.9. The summed E-state index contributed by atoms with van der Waals surface area (Å²) in [6, 6.07) is 13.1. The monoisotopic (exact) mass is 410 g/mol. The van der Waals surface area contributed by atoms with Gasteiger partial charge in [-0.3, -0.25) is 9.59 Å². The molecule has 1 aliphatic heterocycles. The van der Waals surface area contributed by atoms with Crippen molar-refractivity contribution < 1.29 is 14.0 Å². The molecule has 7 nitrogen and oxygen atoms in total. The third-order valence-corrected chi connectivity index (χ3v) is 5.74. The summed E-state index contributed by atoms with van der Waals surface area (Å²) in [5.74, 6) is -0.380. The number of furan rings is 1.